The zero-order chi connectivity index (χ0) is 51.6. The Bertz CT molecular complexity index is 1450. The highest BCUT2D eigenvalue weighted by molar-refractivity contribution is 5.82. The number of nitrogens with one attached hydrogen (secondary N) is 2. The van der Waals surface area contributed by atoms with Gasteiger partial charge in [0, 0.05) is 27.4 Å². The van der Waals surface area contributed by atoms with E-state index in [0.29, 0.717) is 12.8 Å². The number of carbonyl (C=O) groups is 2. The molecule has 3 fully saturated rings. The lowest BCUT2D eigenvalue weighted by atomic mass is 9.94. The summed E-state index contributed by atoms with van der Waals surface area (Å²) in [6, 6.07) is -2.74. The van der Waals surface area contributed by atoms with Gasteiger partial charge >= 0.3 is 24.2 Å². The standard InChI is InChI=1S/C25H42F3NO7.C22H38F3NO7.FH/c1-6-8-9-10-11-12-17(31-5)13-15-32-21-19(29-23(30)25(26,27)28)22(33-14-7-2)35-18-16-34-24(3,4)36-20(18)21;1-4-6-7-8-9-10-15(30-3)11-13-31-19-17(26-21(29)22(23,24)25)20(32-12-5-2)33-16(14-27)18(19)28;/h7,17-22H,2,6,8-16H2,1,3-5H3,(H,29,30);5,15-20,27-28H,2,4,6-14H2,1,3H3,(H,26,29);1H. The first-order valence-corrected chi connectivity index (χ1v) is 24.1. The molecule has 4 N–H and O–H groups in total. The smallest absolute Gasteiger partial charge is 0.394 e. The van der Waals surface area contributed by atoms with Gasteiger partial charge in [-0.05, 0) is 39.5 Å². The maximum absolute atomic E-state index is 13.1. The van der Waals surface area contributed by atoms with Crippen molar-refractivity contribution < 1.29 is 98.2 Å². The van der Waals surface area contributed by atoms with Crippen molar-refractivity contribution in [3.8, 4) is 0 Å². The summed E-state index contributed by atoms with van der Waals surface area (Å²) in [5, 5.41) is 23.9. The molecule has 0 aromatic carbocycles. The number of unbranched alkanes of at least 4 members (excludes halogenated alkanes) is 8. The van der Waals surface area contributed by atoms with Gasteiger partial charge in [-0.1, -0.05) is 90.2 Å². The van der Waals surface area contributed by atoms with Crippen LogP contribution in [0.3, 0.4) is 0 Å². The van der Waals surface area contributed by atoms with E-state index in [9.17, 15) is 46.1 Å². The first-order chi connectivity index (χ1) is 32.7. The Morgan fingerprint density at radius 3 is 1.59 bits per heavy atom. The molecule has 0 aromatic rings. The molecule has 0 radical (unpaired) electrons. The molecule has 3 heterocycles. The largest absolute Gasteiger partial charge is 0.471 e. The van der Waals surface area contributed by atoms with Crippen LogP contribution in [0.1, 0.15) is 118 Å². The van der Waals surface area contributed by atoms with E-state index in [1.165, 1.54) is 37.8 Å². The summed E-state index contributed by atoms with van der Waals surface area (Å²) in [7, 11) is 3.21. The van der Waals surface area contributed by atoms with Crippen LogP contribution in [0.4, 0.5) is 31.0 Å². The van der Waals surface area contributed by atoms with Gasteiger partial charge in [-0.25, -0.2) is 0 Å². The number of hydrogen-bond acceptors (Lipinski definition) is 14. The molecule has 3 aliphatic rings. The number of aliphatic hydroxyl groups is 2. The highest BCUT2D eigenvalue weighted by atomic mass is 19.4. The third-order valence-corrected chi connectivity index (χ3v) is 11.8. The minimum Gasteiger partial charge on any atom is -0.394 e. The summed E-state index contributed by atoms with van der Waals surface area (Å²) in [6.07, 6.45) is -2.74. The van der Waals surface area contributed by atoms with Crippen LogP contribution in [0.25, 0.3) is 0 Å². The zero-order valence-electron chi connectivity index (χ0n) is 41.6. The molecule has 0 aromatic heterocycles. The molecule has 3 rings (SSSR count). The third-order valence-electron chi connectivity index (χ3n) is 11.8. The molecule has 23 heteroatoms. The molecule has 3 saturated heterocycles. The Labute approximate surface area is 408 Å². The summed E-state index contributed by atoms with van der Waals surface area (Å²) >= 11 is 0. The van der Waals surface area contributed by atoms with Crippen molar-refractivity contribution in [2.24, 2.45) is 0 Å². The summed E-state index contributed by atoms with van der Waals surface area (Å²) < 4.78 is 135. The van der Waals surface area contributed by atoms with Crippen molar-refractivity contribution in [1.29, 1.82) is 0 Å². The van der Waals surface area contributed by atoms with E-state index >= 15 is 0 Å². The molecule has 0 spiro atoms. The van der Waals surface area contributed by atoms with Gasteiger partial charge in [0.1, 0.15) is 48.7 Å². The quantitative estimate of drug-likeness (QED) is 0.0319. The normalized spacial score (nSPS) is 27.4. The number of ether oxygens (including phenoxy) is 10. The first-order valence-electron chi connectivity index (χ1n) is 24.1. The highest BCUT2D eigenvalue weighted by Gasteiger charge is 2.55. The van der Waals surface area contributed by atoms with Crippen LogP contribution in [-0.2, 0) is 57.0 Å². The predicted octanol–water partition coefficient (Wildman–Crippen LogP) is 6.88. The van der Waals surface area contributed by atoms with Gasteiger partial charge in [0.05, 0.1) is 38.6 Å². The lowest BCUT2D eigenvalue weighted by molar-refractivity contribution is -0.371. The van der Waals surface area contributed by atoms with Crippen LogP contribution in [0, 0.1) is 0 Å². The van der Waals surface area contributed by atoms with E-state index in [2.05, 4.69) is 27.0 Å². The second kappa shape index (κ2) is 34.0. The topological polar surface area (TPSA) is 191 Å². The van der Waals surface area contributed by atoms with Gasteiger partial charge in [-0.2, -0.15) is 26.3 Å². The van der Waals surface area contributed by atoms with Crippen LogP contribution >= 0.6 is 0 Å². The zero-order valence-corrected chi connectivity index (χ0v) is 41.6. The minimum atomic E-state index is -5.15. The Morgan fingerprint density at radius 1 is 0.714 bits per heavy atom. The van der Waals surface area contributed by atoms with E-state index in [-0.39, 0.29) is 49.9 Å². The number of carbonyl (C=O) groups excluding carboxylic acids is 2. The van der Waals surface area contributed by atoms with Gasteiger partial charge in [0.2, 0.25) is 0 Å². The summed E-state index contributed by atoms with van der Waals surface area (Å²) in [5.41, 5.74) is 0. The second-order valence-electron chi connectivity index (χ2n) is 17.7. The molecular formula is C47H81F7N2O14. The van der Waals surface area contributed by atoms with Gasteiger partial charge < -0.3 is 68.2 Å². The number of hydrogen-bond donors (Lipinski definition) is 4. The number of methoxy groups -OCH3 is 2. The van der Waals surface area contributed by atoms with Crippen LogP contribution in [-0.4, -0.2) is 168 Å². The van der Waals surface area contributed by atoms with Gasteiger partial charge in [0.15, 0.2) is 18.4 Å². The number of aliphatic hydroxyl groups excluding tert-OH is 2. The lowest BCUT2D eigenvalue weighted by Gasteiger charge is -2.51. The van der Waals surface area contributed by atoms with Crippen LogP contribution < -0.4 is 10.6 Å². The third kappa shape index (κ3) is 23.1. The van der Waals surface area contributed by atoms with Crippen molar-refractivity contribution in [3.63, 3.8) is 0 Å². The van der Waals surface area contributed by atoms with E-state index in [1.54, 1.807) is 33.4 Å². The maximum atomic E-state index is 13.1. The fourth-order valence-corrected chi connectivity index (χ4v) is 8.06. The van der Waals surface area contributed by atoms with E-state index in [1.807, 2.05) is 5.32 Å². The number of alkyl halides is 6. The molecular weight excluding hydrogens is 950 g/mol. The Balaban J connectivity index is 0.000000693. The van der Waals surface area contributed by atoms with Crippen molar-refractivity contribution in [2.75, 3.05) is 53.9 Å². The fraction of sp³-hybridized carbons (Fsp3) is 0.872. The molecule has 0 saturated carbocycles. The molecule has 16 nitrogen and oxygen atoms in total. The number of amides is 2. The van der Waals surface area contributed by atoms with Crippen molar-refractivity contribution in [3.05, 3.63) is 25.3 Å². The summed E-state index contributed by atoms with van der Waals surface area (Å²) in [5.74, 6) is -5.33. The minimum absolute atomic E-state index is 0. The van der Waals surface area contributed by atoms with Crippen molar-refractivity contribution in [2.45, 2.75) is 209 Å². The monoisotopic (exact) mass is 1030 g/mol. The lowest BCUT2D eigenvalue weighted by Crippen LogP contribution is -2.69. The molecule has 0 aliphatic carbocycles. The van der Waals surface area contributed by atoms with E-state index in [4.69, 9.17) is 47.4 Å². The Kier molecular flexibility index (Phi) is 31.8. The van der Waals surface area contributed by atoms with E-state index in [0.717, 1.165) is 51.4 Å². The fourth-order valence-electron chi connectivity index (χ4n) is 8.06. The predicted molar refractivity (Wildman–Crippen MR) is 243 cm³/mol. The van der Waals surface area contributed by atoms with Gasteiger partial charge in [-0.15, -0.1) is 13.2 Å². The van der Waals surface area contributed by atoms with Crippen LogP contribution in [0.15, 0.2) is 25.3 Å². The molecule has 0 bridgehead atoms. The molecule has 12 unspecified atom stereocenters. The van der Waals surface area contributed by atoms with Gasteiger partial charge in [-0.3, -0.25) is 14.3 Å². The number of fused-ring (bicyclic) bond motifs is 1. The summed E-state index contributed by atoms with van der Waals surface area (Å²) in [6.45, 7) is 14.4. The second-order valence-corrected chi connectivity index (χ2v) is 17.7. The number of halogens is 7. The molecule has 3 aliphatic heterocycles. The highest BCUT2D eigenvalue weighted by Crippen LogP contribution is 2.35. The van der Waals surface area contributed by atoms with Crippen LogP contribution in [0.5, 0.6) is 0 Å². The van der Waals surface area contributed by atoms with Crippen molar-refractivity contribution in [1.82, 2.24) is 10.6 Å². The Hall–Kier alpha value is -2.55. The summed E-state index contributed by atoms with van der Waals surface area (Å²) in [4.78, 5) is 23.5. The maximum Gasteiger partial charge on any atom is 0.471 e. The molecule has 12 atom stereocenters. The van der Waals surface area contributed by atoms with Crippen LogP contribution in [0.2, 0.25) is 0 Å². The van der Waals surface area contributed by atoms with Crippen molar-refractivity contribution >= 4 is 11.8 Å². The molecule has 412 valence electrons. The first kappa shape index (κ1) is 65.5. The molecule has 2 amide bonds. The average molecular weight is 1030 g/mol. The van der Waals surface area contributed by atoms with E-state index < -0.39 is 97.8 Å². The average Bonchev–Trinajstić information content (AvgIpc) is 3.30. The van der Waals surface area contributed by atoms with Gasteiger partial charge in [0.25, 0.3) is 0 Å². The number of rotatable bonds is 31. The SMILES string of the molecule is C=CCOC1OC(CO)C(O)C(OCCC(CCCCCCC)OC)C1NC(=O)C(F)(F)F.C=CCOC1OC2COC(C)(C)OC2C(OCCC(CCCCCCC)OC)C1NC(=O)C(F)(F)F.F. The Morgan fingerprint density at radius 2 is 1.16 bits per heavy atom. The molecule has 70 heavy (non-hydrogen) atoms.